The average Bonchev–Trinajstić information content (AvgIpc) is 2.36. The van der Waals surface area contributed by atoms with Gasteiger partial charge < -0.3 is 11.5 Å². The van der Waals surface area contributed by atoms with Crippen LogP contribution in [0.5, 0.6) is 0 Å². The van der Waals surface area contributed by atoms with Crippen LogP contribution in [-0.2, 0) is 0 Å². The summed E-state index contributed by atoms with van der Waals surface area (Å²) in [7, 11) is 0. The molecule has 2 saturated heterocycles. The quantitative estimate of drug-likeness (QED) is 0.718. The van der Waals surface area contributed by atoms with Gasteiger partial charge in [0.1, 0.15) is 0 Å². The molecule has 23 heavy (non-hydrogen) atoms. The Kier molecular flexibility index (Phi) is 7.52. The number of nitrogens with two attached hydrogens (primary N) is 2. The first-order chi connectivity index (χ1) is 10.4. The Balaban J connectivity index is 0.000000231. The maximum Gasteiger partial charge on any atom is 0.0171 e. The second-order valence-electron chi connectivity index (χ2n) is 9.70. The molecule has 0 aliphatic carbocycles. The Morgan fingerprint density at radius 1 is 0.783 bits per heavy atom. The fourth-order valence-corrected chi connectivity index (χ4v) is 3.57. The van der Waals surface area contributed by atoms with E-state index in [4.69, 9.17) is 11.5 Å². The zero-order chi connectivity index (χ0) is 17.8. The van der Waals surface area contributed by atoms with Gasteiger partial charge in [-0.15, -0.1) is 0 Å². The van der Waals surface area contributed by atoms with Gasteiger partial charge in [0.05, 0.1) is 0 Å². The van der Waals surface area contributed by atoms with Crippen molar-refractivity contribution in [1.82, 2.24) is 9.80 Å². The molecule has 0 spiro atoms. The summed E-state index contributed by atoms with van der Waals surface area (Å²) in [5.74, 6) is 0.757. The maximum atomic E-state index is 5.97. The highest BCUT2D eigenvalue weighted by molar-refractivity contribution is 4.86. The summed E-state index contributed by atoms with van der Waals surface area (Å²) in [6.45, 7) is 20.4. The van der Waals surface area contributed by atoms with Crippen molar-refractivity contribution < 1.29 is 0 Å². The molecule has 0 aromatic heterocycles. The molecule has 0 bridgehead atoms. The monoisotopic (exact) mass is 326 g/mol. The first-order valence-corrected chi connectivity index (χ1v) is 9.41. The van der Waals surface area contributed by atoms with Crippen LogP contribution < -0.4 is 11.5 Å². The molecular formula is C19H42N4. The van der Waals surface area contributed by atoms with Gasteiger partial charge in [-0.3, -0.25) is 9.80 Å². The van der Waals surface area contributed by atoms with Crippen molar-refractivity contribution in [3.63, 3.8) is 0 Å². The topological polar surface area (TPSA) is 58.5 Å². The summed E-state index contributed by atoms with van der Waals surface area (Å²) >= 11 is 0. The molecule has 3 atom stereocenters. The van der Waals surface area contributed by atoms with Gasteiger partial charge in [-0.25, -0.2) is 0 Å². The lowest BCUT2D eigenvalue weighted by Gasteiger charge is -2.43. The van der Waals surface area contributed by atoms with E-state index >= 15 is 0 Å². The minimum Gasteiger partial charge on any atom is -0.327 e. The number of likely N-dealkylation sites (tertiary alicyclic amines) is 2. The molecule has 2 aliphatic rings. The fraction of sp³-hybridized carbons (Fsp3) is 1.00. The highest BCUT2D eigenvalue weighted by Gasteiger charge is 2.29. The summed E-state index contributed by atoms with van der Waals surface area (Å²) in [6, 6.07) is 0.788. The van der Waals surface area contributed by atoms with E-state index in [0.29, 0.717) is 17.6 Å². The molecule has 0 amide bonds. The molecule has 2 heterocycles. The first-order valence-electron chi connectivity index (χ1n) is 9.41. The molecule has 0 aromatic carbocycles. The highest BCUT2D eigenvalue weighted by atomic mass is 15.2. The molecule has 2 fully saturated rings. The van der Waals surface area contributed by atoms with Gasteiger partial charge in [-0.2, -0.15) is 0 Å². The van der Waals surface area contributed by atoms with Crippen molar-refractivity contribution in [2.24, 2.45) is 17.4 Å². The lowest BCUT2D eigenvalue weighted by molar-refractivity contribution is 0.0732. The van der Waals surface area contributed by atoms with Gasteiger partial charge in [0.25, 0.3) is 0 Å². The van der Waals surface area contributed by atoms with Crippen LogP contribution in [0.2, 0.25) is 0 Å². The first kappa shape index (κ1) is 20.9. The molecule has 4 heteroatoms. The van der Waals surface area contributed by atoms with Crippen LogP contribution in [-0.4, -0.2) is 59.1 Å². The third-order valence-electron chi connectivity index (χ3n) is 5.05. The minimum absolute atomic E-state index is 0.284. The largest absolute Gasteiger partial charge is 0.327 e. The molecule has 4 nitrogen and oxygen atoms in total. The van der Waals surface area contributed by atoms with Crippen molar-refractivity contribution in [3.8, 4) is 0 Å². The van der Waals surface area contributed by atoms with Crippen LogP contribution in [0.1, 0.15) is 67.7 Å². The van der Waals surface area contributed by atoms with Crippen molar-refractivity contribution >= 4 is 0 Å². The zero-order valence-corrected chi connectivity index (χ0v) is 16.7. The predicted molar refractivity (Wildman–Crippen MR) is 102 cm³/mol. The van der Waals surface area contributed by atoms with Crippen LogP contribution in [0.15, 0.2) is 0 Å². The smallest absolute Gasteiger partial charge is 0.0171 e. The molecule has 0 unspecified atom stereocenters. The third kappa shape index (κ3) is 7.51. The predicted octanol–water partition coefficient (Wildman–Crippen LogP) is 2.66. The molecule has 2 aliphatic heterocycles. The number of rotatable bonds is 0. The van der Waals surface area contributed by atoms with Gasteiger partial charge in [0.2, 0.25) is 0 Å². The van der Waals surface area contributed by atoms with Crippen molar-refractivity contribution in [2.45, 2.75) is 90.9 Å². The number of piperidine rings is 2. The second-order valence-corrected chi connectivity index (χ2v) is 9.70. The van der Waals surface area contributed by atoms with Crippen LogP contribution in [0.25, 0.3) is 0 Å². The molecule has 0 aromatic rings. The van der Waals surface area contributed by atoms with Crippen molar-refractivity contribution in [3.05, 3.63) is 0 Å². The van der Waals surface area contributed by atoms with E-state index in [-0.39, 0.29) is 5.54 Å². The Morgan fingerprint density at radius 3 is 1.70 bits per heavy atom. The third-order valence-corrected chi connectivity index (χ3v) is 5.05. The number of hydrogen-bond donors (Lipinski definition) is 2. The van der Waals surface area contributed by atoms with Crippen molar-refractivity contribution in [1.29, 1.82) is 0 Å². The van der Waals surface area contributed by atoms with Gasteiger partial charge in [-0.05, 0) is 73.3 Å². The molecule has 138 valence electrons. The lowest BCUT2D eigenvalue weighted by atomic mass is 9.92. The number of nitrogens with zero attached hydrogens (tertiary/aromatic N) is 2. The van der Waals surface area contributed by atoms with Gasteiger partial charge >= 0.3 is 0 Å². The molecule has 0 radical (unpaired) electrons. The Labute approximate surface area is 145 Å². The lowest BCUT2D eigenvalue weighted by Crippen LogP contribution is -2.53. The molecular weight excluding hydrogens is 284 g/mol. The standard InChI is InChI=1S/C10H22N2.C9H20N2/c1-8-5-9(11)7-12(6-8)10(2,3)4;1-9(2,3)11-6-4-5-8(10)7-11/h8-9H,5-7,11H2,1-4H3;8H,4-7,10H2,1-3H3/t8-,9+;8-/m10/s1. The Morgan fingerprint density at radius 2 is 1.30 bits per heavy atom. The van der Waals surface area contributed by atoms with Gasteiger partial charge in [0, 0.05) is 42.8 Å². The minimum atomic E-state index is 0.284. The molecule has 2 rings (SSSR count). The van der Waals surface area contributed by atoms with E-state index in [1.165, 1.54) is 32.4 Å². The fourth-order valence-electron chi connectivity index (χ4n) is 3.57. The van der Waals surface area contributed by atoms with Gasteiger partial charge in [0.15, 0.2) is 0 Å². The molecule has 0 saturated carbocycles. The van der Waals surface area contributed by atoms with Crippen LogP contribution in [0, 0.1) is 5.92 Å². The van der Waals surface area contributed by atoms with E-state index < -0.39 is 0 Å². The summed E-state index contributed by atoms with van der Waals surface area (Å²) in [6.07, 6.45) is 3.65. The van der Waals surface area contributed by atoms with E-state index in [0.717, 1.165) is 19.0 Å². The summed E-state index contributed by atoms with van der Waals surface area (Å²) in [5.41, 5.74) is 12.4. The second kappa shape index (κ2) is 8.28. The van der Waals surface area contributed by atoms with Crippen LogP contribution in [0.3, 0.4) is 0 Å². The summed E-state index contributed by atoms with van der Waals surface area (Å²) in [5, 5.41) is 0. The SMILES string of the molecule is CC(C)(C)N1CCC[C@H](N)C1.C[C@@H]1C[C@H](N)CN(C(C)(C)C)C1. The highest BCUT2D eigenvalue weighted by Crippen LogP contribution is 2.22. The normalized spacial score (nSPS) is 31.4. The summed E-state index contributed by atoms with van der Waals surface area (Å²) in [4.78, 5) is 4.97. The van der Waals surface area contributed by atoms with E-state index in [1.54, 1.807) is 0 Å². The Hall–Kier alpha value is -0.160. The average molecular weight is 327 g/mol. The van der Waals surface area contributed by atoms with E-state index in [1.807, 2.05) is 0 Å². The van der Waals surface area contributed by atoms with E-state index in [9.17, 15) is 0 Å². The number of hydrogen-bond acceptors (Lipinski definition) is 4. The summed E-state index contributed by atoms with van der Waals surface area (Å²) < 4.78 is 0. The van der Waals surface area contributed by atoms with Crippen LogP contribution in [0.4, 0.5) is 0 Å². The zero-order valence-electron chi connectivity index (χ0n) is 16.7. The van der Waals surface area contributed by atoms with E-state index in [2.05, 4.69) is 58.3 Å². The van der Waals surface area contributed by atoms with Crippen molar-refractivity contribution in [2.75, 3.05) is 26.2 Å². The van der Waals surface area contributed by atoms with Crippen LogP contribution >= 0.6 is 0 Å². The Bertz CT molecular complexity index is 332. The maximum absolute atomic E-state index is 5.97. The molecule has 4 N–H and O–H groups in total. The van der Waals surface area contributed by atoms with Gasteiger partial charge in [-0.1, -0.05) is 6.92 Å².